The first kappa shape index (κ1) is 20.0. The number of Topliss-reactive ketones (excluding diaryl/α,β-unsaturated/α-hetero) is 1. The molecule has 0 aromatic heterocycles. The molecular weight excluding hydrogens is 402 g/mol. The SMILES string of the molecule is Cc1ccc(S(=O)(=O)c2ccc(C(=O)CC3(O)C(=O)Nc4ccccc43)cc2)cc1. The van der Waals surface area contributed by atoms with E-state index in [0.717, 1.165) is 5.56 Å². The molecular formula is C23H19NO5S. The van der Waals surface area contributed by atoms with Gasteiger partial charge < -0.3 is 10.4 Å². The Morgan fingerprint density at radius 3 is 2.13 bits per heavy atom. The molecule has 0 radical (unpaired) electrons. The number of aryl methyl sites for hydroxylation is 1. The lowest BCUT2D eigenvalue weighted by molar-refractivity contribution is -0.133. The molecule has 0 bridgehead atoms. The third-order valence-electron chi connectivity index (χ3n) is 5.23. The zero-order valence-electron chi connectivity index (χ0n) is 16.1. The van der Waals surface area contributed by atoms with Crippen LogP contribution in [0.1, 0.15) is 27.9 Å². The molecule has 2 N–H and O–H groups in total. The number of para-hydroxylation sites is 1. The van der Waals surface area contributed by atoms with Crippen molar-refractivity contribution in [2.24, 2.45) is 0 Å². The number of carbonyl (C=O) groups excluding carboxylic acids is 2. The van der Waals surface area contributed by atoms with Crippen LogP contribution in [0.3, 0.4) is 0 Å². The van der Waals surface area contributed by atoms with E-state index in [1.807, 2.05) is 6.92 Å². The molecule has 1 amide bonds. The molecule has 1 unspecified atom stereocenters. The normalized spacial score (nSPS) is 18.0. The maximum atomic E-state index is 12.8. The summed E-state index contributed by atoms with van der Waals surface area (Å²) in [5.41, 5.74) is 0.0217. The van der Waals surface area contributed by atoms with Gasteiger partial charge in [0.1, 0.15) is 0 Å². The summed E-state index contributed by atoms with van der Waals surface area (Å²) in [5.74, 6) is -1.13. The number of nitrogens with one attached hydrogen (secondary N) is 1. The van der Waals surface area contributed by atoms with Crippen molar-refractivity contribution in [2.75, 3.05) is 5.32 Å². The van der Waals surface area contributed by atoms with Gasteiger partial charge in [0.25, 0.3) is 5.91 Å². The van der Waals surface area contributed by atoms with Gasteiger partial charge in [-0.05, 0) is 37.3 Å². The van der Waals surface area contributed by atoms with Crippen molar-refractivity contribution >= 4 is 27.2 Å². The van der Waals surface area contributed by atoms with Gasteiger partial charge in [-0.25, -0.2) is 8.42 Å². The van der Waals surface area contributed by atoms with Crippen molar-refractivity contribution in [2.45, 2.75) is 28.7 Å². The van der Waals surface area contributed by atoms with Gasteiger partial charge >= 0.3 is 0 Å². The number of rotatable bonds is 5. The minimum Gasteiger partial charge on any atom is -0.375 e. The van der Waals surface area contributed by atoms with Crippen LogP contribution >= 0.6 is 0 Å². The number of aliphatic hydroxyl groups is 1. The standard InChI is InChI=1S/C23H19NO5S/c1-15-6-10-17(11-7-15)30(28,29)18-12-8-16(9-13-18)21(25)14-23(27)19-4-2-3-5-20(19)24-22(23)26/h2-13,27H,14H2,1H3,(H,24,26). The fourth-order valence-corrected chi connectivity index (χ4v) is 4.75. The average Bonchev–Trinajstić information content (AvgIpc) is 2.98. The van der Waals surface area contributed by atoms with Gasteiger partial charge in [0.2, 0.25) is 9.84 Å². The third kappa shape index (κ3) is 3.32. The van der Waals surface area contributed by atoms with Crippen molar-refractivity contribution in [3.05, 3.63) is 89.5 Å². The molecule has 0 saturated heterocycles. The summed E-state index contributed by atoms with van der Waals surface area (Å²) < 4.78 is 25.5. The highest BCUT2D eigenvalue weighted by Gasteiger charge is 2.46. The van der Waals surface area contributed by atoms with E-state index in [1.54, 1.807) is 36.4 Å². The van der Waals surface area contributed by atoms with Gasteiger partial charge in [-0.2, -0.15) is 0 Å². The second-order valence-electron chi connectivity index (χ2n) is 7.30. The second kappa shape index (κ2) is 7.19. The van der Waals surface area contributed by atoms with Crippen LogP contribution in [0.5, 0.6) is 0 Å². The number of anilines is 1. The number of sulfone groups is 1. The van der Waals surface area contributed by atoms with Crippen LogP contribution in [0.25, 0.3) is 0 Å². The fraction of sp³-hybridized carbons (Fsp3) is 0.130. The monoisotopic (exact) mass is 421 g/mol. The minimum atomic E-state index is -3.71. The largest absolute Gasteiger partial charge is 0.375 e. The van der Waals surface area contributed by atoms with Crippen LogP contribution in [0.15, 0.2) is 82.6 Å². The number of hydrogen-bond donors (Lipinski definition) is 2. The summed E-state index contributed by atoms with van der Waals surface area (Å²) in [6.07, 6.45) is -0.445. The van der Waals surface area contributed by atoms with Gasteiger partial charge in [-0.3, -0.25) is 9.59 Å². The van der Waals surface area contributed by atoms with Gasteiger partial charge in [-0.1, -0.05) is 48.0 Å². The van der Waals surface area contributed by atoms with Crippen molar-refractivity contribution in [1.82, 2.24) is 0 Å². The number of carbonyl (C=O) groups is 2. The topological polar surface area (TPSA) is 101 Å². The van der Waals surface area contributed by atoms with E-state index in [2.05, 4.69) is 5.32 Å². The fourth-order valence-electron chi connectivity index (χ4n) is 3.48. The zero-order valence-corrected chi connectivity index (χ0v) is 16.9. The van der Waals surface area contributed by atoms with Crippen molar-refractivity contribution in [1.29, 1.82) is 0 Å². The molecule has 0 fully saturated rings. The number of amides is 1. The Labute approximate surface area is 174 Å². The molecule has 1 aliphatic rings. The lowest BCUT2D eigenvalue weighted by atomic mass is 9.88. The second-order valence-corrected chi connectivity index (χ2v) is 9.25. The Hall–Kier alpha value is -3.29. The third-order valence-corrected chi connectivity index (χ3v) is 7.02. The highest BCUT2D eigenvalue weighted by Crippen LogP contribution is 2.38. The zero-order chi connectivity index (χ0) is 21.5. The summed E-state index contributed by atoms with van der Waals surface area (Å²) in [6.45, 7) is 1.87. The molecule has 1 atom stereocenters. The van der Waals surface area contributed by atoms with E-state index in [-0.39, 0.29) is 15.4 Å². The summed E-state index contributed by atoms with van der Waals surface area (Å²) in [4.78, 5) is 25.3. The van der Waals surface area contributed by atoms with Crippen molar-refractivity contribution in [3.8, 4) is 0 Å². The molecule has 30 heavy (non-hydrogen) atoms. The smallest absolute Gasteiger partial charge is 0.261 e. The molecule has 6 nitrogen and oxygen atoms in total. The van der Waals surface area contributed by atoms with Gasteiger partial charge in [0.15, 0.2) is 11.4 Å². The van der Waals surface area contributed by atoms with Gasteiger partial charge in [0.05, 0.1) is 16.2 Å². The van der Waals surface area contributed by atoms with Crippen molar-refractivity contribution in [3.63, 3.8) is 0 Å². The molecule has 3 aromatic carbocycles. The molecule has 152 valence electrons. The van der Waals surface area contributed by atoms with E-state index in [4.69, 9.17) is 0 Å². The van der Waals surface area contributed by atoms with E-state index in [9.17, 15) is 23.1 Å². The summed E-state index contributed by atoms with van der Waals surface area (Å²) in [6, 6.07) is 18.7. The Balaban J connectivity index is 1.58. The summed E-state index contributed by atoms with van der Waals surface area (Å²) >= 11 is 0. The number of hydrogen-bond acceptors (Lipinski definition) is 5. The number of ketones is 1. The first-order valence-corrected chi connectivity index (χ1v) is 10.8. The quantitative estimate of drug-likeness (QED) is 0.616. The van der Waals surface area contributed by atoms with E-state index >= 15 is 0 Å². The Morgan fingerprint density at radius 2 is 1.50 bits per heavy atom. The lowest BCUT2D eigenvalue weighted by Crippen LogP contribution is -2.36. The summed E-state index contributed by atoms with van der Waals surface area (Å²) in [7, 11) is -3.71. The molecule has 1 aliphatic heterocycles. The first-order valence-electron chi connectivity index (χ1n) is 9.30. The molecule has 0 saturated carbocycles. The molecule has 7 heteroatoms. The van der Waals surface area contributed by atoms with Crippen LogP contribution in [-0.4, -0.2) is 25.2 Å². The van der Waals surface area contributed by atoms with E-state index in [1.165, 1.54) is 36.4 Å². The number of fused-ring (bicyclic) bond motifs is 1. The first-order chi connectivity index (χ1) is 14.2. The maximum absolute atomic E-state index is 12.8. The molecule has 1 heterocycles. The molecule has 4 rings (SSSR count). The molecule has 0 aliphatic carbocycles. The maximum Gasteiger partial charge on any atom is 0.261 e. The van der Waals surface area contributed by atoms with Crippen LogP contribution in [0.2, 0.25) is 0 Å². The predicted octanol–water partition coefficient (Wildman–Crippen LogP) is 3.24. The highest BCUT2D eigenvalue weighted by molar-refractivity contribution is 7.91. The van der Waals surface area contributed by atoms with Crippen LogP contribution in [-0.2, 0) is 20.2 Å². The van der Waals surface area contributed by atoms with Gasteiger partial charge in [0, 0.05) is 16.8 Å². The Morgan fingerprint density at radius 1 is 0.933 bits per heavy atom. The van der Waals surface area contributed by atoms with E-state index in [0.29, 0.717) is 11.3 Å². The highest BCUT2D eigenvalue weighted by atomic mass is 32.2. The lowest BCUT2D eigenvalue weighted by Gasteiger charge is -2.20. The van der Waals surface area contributed by atoms with E-state index < -0.39 is 33.5 Å². The van der Waals surface area contributed by atoms with Crippen molar-refractivity contribution < 1.29 is 23.1 Å². The molecule has 0 spiro atoms. The molecule has 3 aromatic rings. The Kier molecular flexibility index (Phi) is 4.80. The number of benzene rings is 3. The predicted molar refractivity (Wildman–Crippen MR) is 111 cm³/mol. The van der Waals surface area contributed by atoms with Crippen LogP contribution in [0, 0.1) is 6.92 Å². The van der Waals surface area contributed by atoms with Crippen LogP contribution in [0.4, 0.5) is 5.69 Å². The Bertz CT molecular complexity index is 1250. The van der Waals surface area contributed by atoms with Gasteiger partial charge in [-0.15, -0.1) is 0 Å². The summed E-state index contributed by atoms with van der Waals surface area (Å²) in [5, 5.41) is 13.4. The van der Waals surface area contributed by atoms with Crippen LogP contribution < -0.4 is 5.32 Å². The average molecular weight is 421 g/mol. The minimum absolute atomic E-state index is 0.0607.